The predicted molar refractivity (Wildman–Crippen MR) is 147 cm³/mol. The van der Waals surface area contributed by atoms with E-state index in [9.17, 15) is 14.7 Å². The van der Waals surface area contributed by atoms with Gasteiger partial charge in [-0.1, -0.05) is 66.7 Å². The van der Waals surface area contributed by atoms with Crippen LogP contribution in [0.5, 0.6) is 0 Å². The Labute approximate surface area is 217 Å². The monoisotopic (exact) mass is 490 g/mol. The van der Waals surface area contributed by atoms with Crippen molar-refractivity contribution >= 4 is 17.6 Å². The second-order valence-corrected chi connectivity index (χ2v) is 9.53. The maximum atomic E-state index is 13.0. The van der Waals surface area contributed by atoms with Gasteiger partial charge in [-0.3, -0.25) is 4.79 Å². The van der Waals surface area contributed by atoms with Gasteiger partial charge >= 0.3 is 5.97 Å². The van der Waals surface area contributed by atoms with Gasteiger partial charge in [-0.2, -0.15) is 0 Å². The van der Waals surface area contributed by atoms with Gasteiger partial charge < -0.3 is 15.3 Å². The second kappa shape index (κ2) is 10.7. The molecule has 4 aromatic carbocycles. The van der Waals surface area contributed by atoms with Crippen LogP contribution in [0.25, 0.3) is 11.1 Å². The molecule has 37 heavy (non-hydrogen) atoms. The third-order valence-electron chi connectivity index (χ3n) is 6.97. The normalized spacial score (nSPS) is 13.5. The van der Waals surface area contributed by atoms with Gasteiger partial charge in [-0.15, -0.1) is 0 Å². The van der Waals surface area contributed by atoms with E-state index in [1.165, 1.54) is 5.56 Å². The number of aryl methyl sites for hydroxylation is 1. The number of nitrogens with zero attached hydrogens (tertiary/aromatic N) is 1. The van der Waals surface area contributed by atoms with Gasteiger partial charge in [0.15, 0.2) is 0 Å². The summed E-state index contributed by atoms with van der Waals surface area (Å²) in [7, 11) is 0. The van der Waals surface area contributed by atoms with E-state index in [4.69, 9.17) is 0 Å². The van der Waals surface area contributed by atoms with Crippen molar-refractivity contribution in [2.24, 2.45) is 0 Å². The molecule has 2 N–H and O–H groups in total. The number of amides is 1. The van der Waals surface area contributed by atoms with Crippen LogP contribution >= 0.6 is 0 Å². The van der Waals surface area contributed by atoms with Crippen LogP contribution in [0, 0.1) is 0 Å². The molecule has 1 amide bonds. The Kier molecular flexibility index (Phi) is 7.04. The summed E-state index contributed by atoms with van der Waals surface area (Å²) in [6.45, 7) is 3.64. The summed E-state index contributed by atoms with van der Waals surface area (Å²) in [6.07, 6.45) is 1.95. The van der Waals surface area contributed by atoms with Gasteiger partial charge in [0, 0.05) is 24.3 Å². The molecule has 0 saturated heterocycles. The van der Waals surface area contributed by atoms with Crippen LogP contribution in [0.1, 0.15) is 56.8 Å². The average Bonchev–Trinajstić information content (AvgIpc) is 2.93. The zero-order valence-corrected chi connectivity index (χ0v) is 20.9. The summed E-state index contributed by atoms with van der Waals surface area (Å²) >= 11 is 0. The quantitative estimate of drug-likeness (QED) is 0.310. The molecular weight excluding hydrogens is 460 g/mol. The highest BCUT2D eigenvalue weighted by Gasteiger charge is 2.20. The summed E-state index contributed by atoms with van der Waals surface area (Å²) in [4.78, 5) is 27.0. The molecule has 0 bridgehead atoms. The van der Waals surface area contributed by atoms with Crippen molar-refractivity contribution in [1.82, 2.24) is 5.32 Å². The molecule has 186 valence electrons. The van der Waals surface area contributed by atoms with Crippen molar-refractivity contribution in [3.05, 3.63) is 125 Å². The lowest BCUT2D eigenvalue weighted by Crippen LogP contribution is -2.30. The fraction of sp³-hybridized carbons (Fsp3) is 0.188. The number of aromatic carboxylic acids is 1. The smallest absolute Gasteiger partial charge is 0.336 e. The van der Waals surface area contributed by atoms with Crippen molar-refractivity contribution in [1.29, 1.82) is 0 Å². The van der Waals surface area contributed by atoms with E-state index in [0.29, 0.717) is 17.7 Å². The molecule has 5 rings (SSSR count). The zero-order valence-electron chi connectivity index (χ0n) is 20.9. The number of carboxylic acid groups (broad SMARTS) is 1. The molecule has 0 unspecified atom stereocenters. The highest BCUT2D eigenvalue weighted by molar-refractivity contribution is 5.96. The Bertz CT molecular complexity index is 1430. The van der Waals surface area contributed by atoms with E-state index >= 15 is 0 Å². The number of rotatable bonds is 7. The van der Waals surface area contributed by atoms with Crippen LogP contribution in [0.2, 0.25) is 0 Å². The summed E-state index contributed by atoms with van der Waals surface area (Å²) in [5, 5.41) is 12.7. The highest BCUT2D eigenvalue weighted by atomic mass is 16.4. The first-order valence-electron chi connectivity index (χ1n) is 12.6. The molecule has 0 spiro atoms. The molecule has 0 aliphatic carbocycles. The minimum Gasteiger partial charge on any atom is -0.478 e. The minimum absolute atomic E-state index is 0.0685. The minimum atomic E-state index is -0.927. The number of hydrogen-bond donors (Lipinski definition) is 2. The number of carbonyl (C=O) groups excluding carboxylic acids is 1. The Balaban J connectivity index is 1.34. The molecule has 5 heteroatoms. The maximum absolute atomic E-state index is 13.0. The summed E-state index contributed by atoms with van der Waals surface area (Å²) in [6, 6.07) is 31.1. The Morgan fingerprint density at radius 2 is 1.70 bits per heavy atom. The number of carboxylic acids is 1. The molecule has 1 aliphatic rings. The summed E-state index contributed by atoms with van der Waals surface area (Å²) in [5.41, 5.74) is 7.11. The molecule has 1 aliphatic heterocycles. The number of hydrogen-bond acceptors (Lipinski definition) is 3. The number of nitrogens with one attached hydrogen (secondary N) is 1. The molecule has 0 aromatic heterocycles. The van der Waals surface area contributed by atoms with E-state index in [2.05, 4.69) is 28.4 Å². The summed E-state index contributed by atoms with van der Waals surface area (Å²) < 4.78 is 0. The third kappa shape index (κ3) is 5.41. The van der Waals surface area contributed by atoms with Crippen molar-refractivity contribution in [3.63, 3.8) is 0 Å². The van der Waals surface area contributed by atoms with Gasteiger partial charge in [-0.05, 0) is 77.9 Å². The molecule has 0 radical (unpaired) electrons. The average molecular weight is 491 g/mol. The van der Waals surface area contributed by atoms with Crippen molar-refractivity contribution < 1.29 is 14.7 Å². The van der Waals surface area contributed by atoms with Gasteiger partial charge in [0.1, 0.15) is 0 Å². The zero-order chi connectivity index (χ0) is 25.8. The number of anilines is 1. The number of benzene rings is 4. The summed E-state index contributed by atoms with van der Waals surface area (Å²) in [5.74, 6) is -0.995. The third-order valence-corrected chi connectivity index (χ3v) is 6.97. The van der Waals surface area contributed by atoms with Crippen molar-refractivity contribution in [3.8, 4) is 11.1 Å². The molecule has 0 saturated carbocycles. The highest BCUT2D eigenvalue weighted by Crippen LogP contribution is 2.31. The van der Waals surface area contributed by atoms with Crippen LogP contribution in [0.3, 0.4) is 0 Å². The first-order valence-corrected chi connectivity index (χ1v) is 12.6. The van der Waals surface area contributed by atoms with Crippen LogP contribution < -0.4 is 10.2 Å². The fourth-order valence-corrected chi connectivity index (χ4v) is 5.06. The van der Waals surface area contributed by atoms with Gasteiger partial charge in [0.05, 0.1) is 11.6 Å². The van der Waals surface area contributed by atoms with Gasteiger partial charge in [-0.25, -0.2) is 4.79 Å². The van der Waals surface area contributed by atoms with E-state index in [-0.39, 0.29) is 11.9 Å². The first kappa shape index (κ1) is 24.3. The van der Waals surface area contributed by atoms with Crippen LogP contribution in [-0.2, 0) is 13.0 Å². The van der Waals surface area contributed by atoms with E-state index in [0.717, 1.165) is 47.3 Å². The molecular formula is C32H30N2O3. The van der Waals surface area contributed by atoms with E-state index in [1.807, 2.05) is 73.7 Å². The fourth-order valence-electron chi connectivity index (χ4n) is 5.06. The van der Waals surface area contributed by atoms with Gasteiger partial charge in [0.2, 0.25) is 0 Å². The molecule has 5 nitrogen and oxygen atoms in total. The Hall–Kier alpha value is -4.38. The van der Waals surface area contributed by atoms with E-state index in [1.54, 1.807) is 12.1 Å². The van der Waals surface area contributed by atoms with Crippen LogP contribution in [-0.4, -0.2) is 23.5 Å². The topological polar surface area (TPSA) is 69.6 Å². The maximum Gasteiger partial charge on any atom is 0.336 e. The Morgan fingerprint density at radius 3 is 2.51 bits per heavy atom. The van der Waals surface area contributed by atoms with Crippen molar-refractivity contribution in [2.75, 3.05) is 11.4 Å². The first-order chi connectivity index (χ1) is 18.0. The van der Waals surface area contributed by atoms with Crippen LogP contribution in [0.4, 0.5) is 5.69 Å². The standard InChI is InChI=1S/C32H30N2O3/c1-22(24-10-3-2-4-11-24)33-31(35)27-16-17-30-26(20-27)13-8-18-34(30)21-23-9-7-12-25(19-23)28-14-5-6-15-29(28)32(36)37/h2-7,9-12,14-17,19-20,22H,8,13,18,21H2,1H3,(H,33,35)(H,36,37)/t22-/m0/s1. The van der Waals surface area contributed by atoms with Crippen molar-refractivity contribution in [2.45, 2.75) is 32.4 Å². The van der Waals surface area contributed by atoms with Gasteiger partial charge in [0.25, 0.3) is 5.91 Å². The molecule has 0 fully saturated rings. The lowest BCUT2D eigenvalue weighted by molar-refractivity contribution is 0.0697. The molecule has 1 atom stereocenters. The number of carbonyl (C=O) groups is 2. The number of fused-ring (bicyclic) bond motifs is 1. The lowest BCUT2D eigenvalue weighted by atomic mass is 9.96. The SMILES string of the molecule is C[C@H](NC(=O)c1ccc2c(c1)CCCN2Cc1cccc(-c2ccccc2C(=O)O)c1)c1ccccc1. The van der Waals surface area contributed by atoms with Crippen LogP contribution in [0.15, 0.2) is 97.1 Å². The Morgan fingerprint density at radius 1 is 0.919 bits per heavy atom. The lowest BCUT2D eigenvalue weighted by Gasteiger charge is -2.32. The van der Waals surface area contributed by atoms with E-state index < -0.39 is 5.97 Å². The molecule has 4 aromatic rings. The predicted octanol–water partition coefficient (Wildman–Crippen LogP) is 6.50. The second-order valence-electron chi connectivity index (χ2n) is 9.53. The molecule has 1 heterocycles. The largest absolute Gasteiger partial charge is 0.478 e.